The van der Waals surface area contributed by atoms with Crippen LogP contribution in [0.2, 0.25) is 0 Å². The fourth-order valence-electron chi connectivity index (χ4n) is 4.36. The van der Waals surface area contributed by atoms with Crippen LogP contribution in [0.1, 0.15) is 58.3 Å². The van der Waals surface area contributed by atoms with Crippen molar-refractivity contribution in [1.29, 1.82) is 0 Å². The van der Waals surface area contributed by atoms with Gasteiger partial charge < -0.3 is 10.6 Å². The van der Waals surface area contributed by atoms with Crippen molar-refractivity contribution in [2.24, 2.45) is 16.7 Å². The van der Waals surface area contributed by atoms with E-state index in [-0.39, 0.29) is 5.41 Å². The maximum atomic E-state index is 12.7. The third-order valence-corrected chi connectivity index (χ3v) is 5.85. The molecule has 1 aliphatic heterocycles. The number of fused-ring (bicyclic) bond motifs is 1. The van der Waals surface area contributed by atoms with Gasteiger partial charge in [-0.25, -0.2) is 0 Å². The number of nitrogens with one attached hydrogen (secondary N) is 2. The molecule has 1 heterocycles. The van der Waals surface area contributed by atoms with Crippen molar-refractivity contribution in [2.45, 2.75) is 58.3 Å². The highest BCUT2D eigenvalue weighted by Gasteiger charge is 2.50. The molecule has 0 unspecified atom stereocenters. The normalized spacial score (nSPS) is 35.7. The molecule has 3 nitrogen and oxygen atoms in total. The molecule has 2 N–H and O–H groups in total. The van der Waals surface area contributed by atoms with Crippen LogP contribution in [0.15, 0.2) is 0 Å². The Hall–Kier alpha value is -0.570. The molecule has 3 fully saturated rings. The van der Waals surface area contributed by atoms with Crippen molar-refractivity contribution in [1.82, 2.24) is 10.6 Å². The SMILES string of the molecule is CCCC1(CNC(=O)[C@@]23CCCC[C@H]2CNC3)CC1. The van der Waals surface area contributed by atoms with Crippen LogP contribution in [-0.4, -0.2) is 25.5 Å². The monoisotopic (exact) mass is 264 g/mol. The van der Waals surface area contributed by atoms with E-state index in [0.29, 0.717) is 17.2 Å². The van der Waals surface area contributed by atoms with Crippen LogP contribution >= 0.6 is 0 Å². The highest BCUT2D eigenvalue weighted by molar-refractivity contribution is 5.84. The summed E-state index contributed by atoms with van der Waals surface area (Å²) < 4.78 is 0. The Labute approximate surface area is 116 Å². The highest BCUT2D eigenvalue weighted by atomic mass is 16.2. The summed E-state index contributed by atoms with van der Waals surface area (Å²) in [5, 5.41) is 6.79. The summed E-state index contributed by atoms with van der Waals surface area (Å²) in [5.74, 6) is 0.937. The summed E-state index contributed by atoms with van der Waals surface area (Å²) in [6, 6.07) is 0. The Balaban J connectivity index is 1.60. The van der Waals surface area contributed by atoms with E-state index in [1.165, 1.54) is 44.9 Å². The lowest BCUT2D eigenvalue weighted by Gasteiger charge is -2.37. The lowest BCUT2D eigenvalue weighted by Crippen LogP contribution is -2.49. The van der Waals surface area contributed by atoms with Gasteiger partial charge in [0.15, 0.2) is 0 Å². The van der Waals surface area contributed by atoms with Crippen LogP contribution in [0.3, 0.4) is 0 Å². The summed E-state index contributed by atoms with van der Waals surface area (Å²) in [4.78, 5) is 12.7. The third-order valence-electron chi connectivity index (χ3n) is 5.85. The van der Waals surface area contributed by atoms with E-state index in [0.717, 1.165) is 26.1 Å². The molecule has 2 saturated carbocycles. The molecule has 0 spiro atoms. The molecule has 3 aliphatic rings. The summed E-state index contributed by atoms with van der Waals surface area (Å²) in [6.07, 6.45) is 10.0. The van der Waals surface area contributed by atoms with Crippen molar-refractivity contribution in [2.75, 3.05) is 19.6 Å². The second kappa shape index (κ2) is 5.08. The van der Waals surface area contributed by atoms with E-state index in [1.807, 2.05) is 0 Å². The Kier molecular flexibility index (Phi) is 3.59. The molecule has 0 aromatic rings. The smallest absolute Gasteiger partial charge is 0.227 e. The van der Waals surface area contributed by atoms with Crippen LogP contribution in [0.4, 0.5) is 0 Å². The second-order valence-electron chi connectivity index (χ2n) is 7.16. The molecule has 2 atom stereocenters. The van der Waals surface area contributed by atoms with Gasteiger partial charge in [0.1, 0.15) is 0 Å². The number of carbonyl (C=O) groups is 1. The van der Waals surface area contributed by atoms with E-state index < -0.39 is 0 Å². The van der Waals surface area contributed by atoms with Crippen molar-refractivity contribution in [3.63, 3.8) is 0 Å². The Morgan fingerprint density at radius 1 is 1.32 bits per heavy atom. The van der Waals surface area contributed by atoms with Crippen LogP contribution < -0.4 is 10.6 Å². The molecule has 2 aliphatic carbocycles. The minimum atomic E-state index is -0.0689. The maximum Gasteiger partial charge on any atom is 0.227 e. The first-order valence-corrected chi connectivity index (χ1v) is 8.20. The van der Waals surface area contributed by atoms with Crippen molar-refractivity contribution >= 4 is 5.91 Å². The second-order valence-corrected chi connectivity index (χ2v) is 7.16. The summed E-state index contributed by atoms with van der Waals surface area (Å²) >= 11 is 0. The minimum absolute atomic E-state index is 0.0689. The zero-order valence-corrected chi connectivity index (χ0v) is 12.3. The summed E-state index contributed by atoms with van der Waals surface area (Å²) in [7, 11) is 0. The largest absolute Gasteiger partial charge is 0.355 e. The van der Waals surface area contributed by atoms with Gasteiger partial charge in [0.2, 0.25) is 5.91 Å². The van der Waals surface area contributed by atoms with Crippen LogP contribution in [0.25, 0.3) is 0 Å². The molecule has 19 heavy (non-hydrogen) atoms. The fourth-order valence-corrected chi connectivity index (χ4v) is 4.36. The van der Waals surface area contributed by atoms with Crippen molar-refractivity contribution in [3.05, 3.63) is 0 Å². The van der Waals surface area contributed by atoms with E-state index >= 15 is 0 Å². The fraction of sp³-hybridized carbons (Fsp3) is 0.938. The lowest BCUT2D eigenvalue weighted by molar-refractivity contribution is -0.134. The minimum Gasteiger partial charge on any atom is -0.355 e. The molecule has 108 valence electrons. The Morgan fingerprint density at radius 3 is 2.89 bits per heavy atom. The van der Waals surface area contributed by atoms with E-state index in [2.05, 4.69) is 17.6 Å². The zero-order valence-electron chi connectivity index (χ0n) is 12.3. The molecule has 1 saturated heterocycles. The third kappa shape index (κ3) is 2.42. The quantitative estimate of drug-likeness (QED) is 0.801. The van der Waals surface area contributed by atoms with Gasteiger partial charge in [0, 0.05) is 13.1 Å². The van der Waals surface area contributed by atoms with E-state index in [1.54, 1.807) is 0 Å². The van der Waals surface area contributed by atoms with Crippen LogP contribution in [0.5, 0.6) is 0 Å². The maximum absolute atomic E-state index is 12.7. The zero-order chi connectivity index (χ0) is 13.3. The first-order valence-electron chi connectivity index (χ1n) is 8.20. The average Bonchev–Trinajstić information content (AvgIpc) is 3.04. The van der Waals surface area contributed by atoms with Crippen LogP contribution in [-0.2, 0) is 4.79 Å². The molecule has 0 radical (unpaired) electrons. The molecule has 0 aromatic heterocycles. The van der Waals surface area contributed by atoms with Gasteiger partial charge in [-0.3, -0.25) is 4.79 Å². The lowest BCUT2D eigenvalue weighted by atomic mass is 9.67. The van der Waals surface area contributed by atoms with E-state index in [4.69, 9.17) is 0 Å². The number of hydrogen-bond acceptors (Lipinski definition) is 2. The molecule has 0 bridgehead atoms. The molecular weight excluding hydrogens is 236 g/mol. The van der Waals surface area contributed by atoms with Gasteiger partial charge in [-0.1, -0.05) is 26.2 Å². The molecule has 0 aromatic carbocycles. The number of carbonyl (C=O) groups excluding carboxylic acids is 1. The van der Waals surface area contributed by atoms with Crippen LogP contribution in [0, 0.1) is 16.7 Å². The first-order chi connectivity index (χ1) is 9.21. The summed E-state index contributed by atoms with van der Waals surface area (Å²) in [5.41, 5.74) is 0.401. The topological polar surface area (TPSA) is 41.1 Å². The van der Waals surface area contributed by atoms with Gasteiger partial charge in [-0.15, -0.1) is 0 Å². The Morgan fingerprint density at radius 2 is 2.16 bits per heavy atom. The predicted octanol–water partition coefficient (Wildman–Crippen LogP) is 2.46. The summed E-state index contributed by atoms with van der Waals surface area (Å²) in [6.45, 7) is 5.13. The van der Waals surface area contributed by atoms with Gasteiger partial charge in [-0.2, -0.15) is 0 Å². The standard InChI is InChI=1S/C16H28N2O/c1-2-6-15(8-9-15)11-18-14(19)16-7-4-3-5-13(16)10-17-12-16/h13,17H,2-12H2,1H3,(H,18,19)/t13-,16+/m0/s1. The van der Waals surface area contributed by atoms with E-state index in [9.17, 15) is 4.79 Å². The van der Waals surface area contributed by atoms with Gasteiger partial charge >= 0.3 is 0 Å². The van der Waals surface area contributed by atoms with Gasteiger partial charge in [-0.05, 0) is 50.0 Å². The van der Waals surface area contributed by atoms with Gasteiger partial charge in [0.05, 0.1) is 5.41 Å². The molecule has 3 rings (SSSR count). The Bertz CT molecular complexity index is 351. The number of rotatable bonds is 5. The van der Waals surface area contributed by atoms with Crippen molar-refractivity contribution in [3.8, 4) is 0 Å². The number of hydrogen-bond donors (Lipinski definition) is 2. The molecule has 3 heteroatoms. The average molecular weight is 264 g/mol. The first kappa shape index (κ1) is 13.4. The van der Waals surface area contributed by atoms with Crippen molar-refractivity contribution < 1.29 is 4.79 Å². The highest BCUT2D eigenvalue weighted by Crippen LogP contribution is 2.49. The molecule has 1 amide bonds. The van der Waals surface area contributed by atoms with Gasteiger partial charge in [0.25, 0.3) is 0 Å². The number of amides is 1. The predicted molar refractivity (Wildman–Crippen MR) is 76.8 cm³/mol. The molecular formula is C16H28N2O.